The summed E-state index contributed by atoms with van der Waals surface area (Å²) < 4.78 is 5.72. The van der Waals surface area contributed by atoms with Crippen molar-refractivity contribution in [3.8, 4) is 5.75 Å². The monoisotopic (exact) mass is 206 g/mol. The summed E-state index contributed by atoms with van der Waals surface area (Å²) in [7, 11) is 0. The fourth-order valence-corrected chi connectivity index (χ4v) is 1.46. The maximum absolute atomic E-state index is 9.29. The van der Waals surface area contributed by atoms with Crippen molar-refractivity contribution < 1.29 is 9.84 Å². The van der Waals surface area contributed by atoms with Crippen molar-refractivity contribution in [3.05, 3.63) is 29.8 Å². The van der Waals surface area contributed by atoms with E-state index >= 15 is 0 Å². The number of benzene rings is 1. The van der Waals surface area contributed by atoms with Crippen LogP contribution in [0.5, 0.6) is 5.75 Å². The maximum atomic E-state index is 9.29. The van der Waals surface area contributed by atoms with Gasteiger partial charge in [-0.1, -0.05) is 26.0 Å². The standard InChI is InChI=1S/C13H18O2/c1-13(2,9-14)10-4-3-5-12(8-10)15-11-6-7-11/h3-5,8,11,14H,6-7,9H2,1-2H3. The molecule has 2 nitrogen and oxygen atoms in total. The molecule has 0 unspecified atom stereocenters. The van der Waals surface area contributed by atoms with Gasteiger partial charge in [0.05, 0.1) is 12.7 Å². The fourth-order valence-electron chi connectivity index (χ4n) is 1.46. The Labute approximate surface area is 90.9 Å². The number of hydrogen-bond acceptors (Lipinski definition) is 2. The molecule has 1 saturated carbocycles. The molecule has 0 saturated heterocycles. The Balaban J connectivity index is 2.17. The largest absolute Gasteiger partial charge is 0.490 e. The molecule has 0 aliphatic heterocycles. The molecule has 0 bridgehead atoms. The third-order valence-corrected chi connectivity index (χ3v) is 2.84. The van der Waals surface area contributed by atoms with E-state index in [2.05, 4.69) is 0 Å². The maximum Gasteiger partial charge on any atom is 0.120 e. The molecule has 1 aliphatic carbocycles. The lowest BCUT2D eigenvalue weighted by atomic mass is 9.85. The average Bonchev–Trinajstić information content (AvgIpc) is 3.02. The Hall–Kier alpha value is -1.02. The Kier molecular flexibility index (Phi) is 2.70. The summed E-state index contributed by atoms with van der Waals surface area (Å²) in [4.78, 5) is 0. The number of hydrogen-bond donors (Lipinski definition) is 1. The second kappa shape index (κ2) is 3.86. The molecule has 1 N–H and O–H groups in total. The zero-order valence-electron chi connectivity index (χ0n) is 9.36. The highest BCUT2D eigenvalue weighted by Gasteiger charge is 2.24. The van der Waals surface area contributed by atoms with Gasteiger partial charge in [-0.15, -0.1) is 0 Å². The molecular weight excluding hydrogens is 188 g/mol. The molecule has 82 valence electrons. The highest BCUT2D eigenvalue weighted by atomic mass is 16.5. The van der Waals surface area contributed by atoms with Crippen LogP contribution in [0.15, 0.2) is 24.3 Å². The van der Waals surface area contributed by atoms with Crippen LogP contribution in [0.2, 0.25) is 0 Å². The lowest BCUT2D eigenvalue weighted by Crippen LogP contribution is -2.21. The van der Waals surface area contributed by atoms with Gasteiger partial charge in [0.2, 0.25) is 0 Å². The second-order valence-electron chi connectivity index (χ2n) is 4.89. The SMILES string of the molecule is CC(C)(CO)c1cccc(OC2CC2)c1. The van der Waals surface area contributed by atoms with E-state index in [0.717, 1.165) is 11.3 Å². The molecule has 1 aromatic rings. The molecule has 1 aromatic carbocycles. The van der Waals surface area contributed by atoms with Gasteiger partial charge in [0.25, 0.3) is 0 Å². The molecule has 1 aliphatic rings. The summed E-state index contributed by atoms with van der Waals surface area (Å²) >= 11 is 0. The van der Waals surface area contributed by atoms with Crippen LogP contribution >= 0.6 is 0 Å². The lowest BCUT2D eigenvalue weighted by molar-refractivity contribution is 0.218. The van der Waals surface area contributed by atoms with Crippen LogP contribution in [0.25, 0.3) is 0 Å². The second-order valence-corrected chi connectivity index (χ2v) is 4.89. The summed E-state index contributed by atoms with van der Waals surface area (Å²) in [6.07, 6.45) is 2.78. The molecule has 0 spiro atoms. The molecular formula is C13H18O2. The van der Waals surface area contributed by atoms with E-state index in [1.807, 2.05) is 38.1 Å². The minimum Gasteiger partial charge on any atom is -0.490 e. The lowest BCUT2D eigenvalue weighted by Gasteiger charge is -2.22. The highest BCUT2D eigenvalue weighted by molar-refractivity contribution is 5.33. The minimum atomic E-state index is -0.192. The van der Waals surface area contributed by atoms with Gasteiger partial charge in [0.15, 0.2) is 0 Å². The van der Waals surface area contributed by atoms with Gasteiger partial charge in [0.1, 0.15) is 5.75 Å². The Bertz CT molecular complexity index is 340. The van der Waals surface area contributed by atoms with Crippen LogP contribution in [-0.4, -0.2) is 17.8 Å². The van der Waals surface area contributed by atoms with Crippen molar-refractivity contribution in [2.45, 2.75) is 38.2 Å². The number of aliphatic hydroxyl groups excluding tert-OH is 1. The van der Waals surface area contributed by atoms with Gasteiger partial charge in [0, 0.05) is 5.41 Å². The van der Waals surface area contributed by atoms with Crippen LogP contribution in [0.3, 0.4) is 0 Å². The molecule has 0 heterocycles. The summed E-state index contributed by atoms with van der Waals surface area (Å²) in [6, 6.07) is 8.05. The Morgan fingerprint density at radius 3 is 2.73 bits per heavy atom. The van der Waals surface area contributed by atoms with Gasteiger partial charge in [-0.05, 0) is 30.5 Å². The molecule has 0 aromatic heterocycles. The number of ether oxygens (including phenoxy) is 1. The molecule has 0 atom stereocenters. The van der Waals surface area contributed by atoms with Gasteiger partial charge in [-0.2, -0.15) is 0 Å². The smallest absolute Gasteiger partial charge is 0.120 e. The average molecular weight is 206 g/mol. The van der Waals surface area contributed by atoms with E-state index in [0.29, 0.717) is 6.10 Å². The van der Waals surface area contributed by atoms with Crippen LogP contribution in [0.1, 0.15) is 32.3 Å². The first-order valence-electron chi connectivity index (χ1n) is 5.50. The molecule has 1 fully saturated rings. The predicted octanol–water partition coefficient (Wildman–Crippen LogP) is 2.50. The topological polar surface area (TPSA) is 29.5 Å². The van der Waals surface area contributed by atoms with E-state index in [1.165, 1.54) is 12.8 Å². The van der Waals surface area contributed by atoms with Gasteiger partial charge in [-0.3, -0.25) is 0 Å². The fraction of sp³-hybridized carbons (Fsp3) is 0.538. The first-order valence-corrected chi connectivity index (χ1v) is 5.50. The van der Waals surface area contributed by atoms with Gasteiger partial charge >= 0.3 is 0 Å². The van der Waals surface area contributed by atoms with Crippen LogP contribution in [0, 0.1) is 0 Å². The number of aliphatic hydroxyl groups is 1. The highest BCUT2D eigenvalue weighted by Crippen LogP contribution is 2.30. The zero-order valence-corrected chi connectivity index (χ0v) is 9.36. The van der Waals surface area contributed by atoms with Crippen molar-refractivity contribution in [1.29, 1.82) is 0 Å². The molecule has 2 rings (SSSR count). The summed E-state index contributed by atoms with van der Waals surface area (Å²) in [5.41, 5.74) is 0.936. The van der Waals surface area contributed by atoms with Crippen LogP contribution in [0.4, 0.5) is 0 Å². The third kappa shape index (κ3) is 2.51. The van der Waals surface area contributed by atoms with E-state index < -0.39 is 0 Å². The van der Waals surface area contributed by atoms with Crippen molar-refractivity contribution in [2.75, 3.05) is 6.61 Å². The van der Waals surface area contributed by atoms with E-state index in [1.54, 1.807) is 0 Å². The van der Waals surface area contributed by atoms with Gasteiger partial charge in [-0.25, -0.2) is 0 Å². The first kappa shape index (κ1) is 10.5. The van der Waals surface area contributed by atoms with E-state index in [4.69, 9.17) is 4.74 Å². The van der Waals surface area contributed by atoms with E-state index in [-0.39, 0.29) is 12.0 Å². The number of rotatable bonds is 4. The van der Waals surface area contributed by atoms with Crippen molar-refractivity contribution in [3.63, 3.8) is 0 Å². The summed E-state index contributed by atoms with van der Waals surface area (Å²) in [6.45, 7) is 4.21. The van der Waals surface area contributed by atoms with Crippen molar-refractivity contribution in [2.24, 2.45) is 0 Å². The zero-order chi connectivity index (χ0) is 10.9. The Morgan fingerprint density at radius 1 is 1.40 bits per heavy atom. The van der Waals surface area contributed by atoms with Crippen LogP contribution in [-0.2, 0) is 5.41 Å². The minimum absolute atomic E-state index is 0.153. The predicted molar refractivity (Wildman–Crippen MR) is 60.2 cm³/mol. The van der Waals surface area contributed by atoms with Crippen molar-refractivity contribution >= 4 is 0 Å². The first-order chi connectivity index (χ1) is 7.12. The van der Waals surface area contributed by atoms with Crippen molar-refractivity contribution in [1.82, 2.24) is 0 Å². The summed E-state index contributed by atoms with van der Waals surface area (Å²) in [5.74, 6) is 0.927. The van der Waals surface area contributed by atoms with Crippen LogP contribution < -0.4 is 4.74 Å². The molecule has 2 heteroatoms. The quantitative estimate of drug-likeness (QED) is 0.820. The molecule has 0 amide bonds. The van der Waals surface area contributed by atoms with Gasteiger partial charge < -0.3 is 9.84 Å². The van der Waals surface area contributed by atoms with E-state index in [9.17, 15) is 5.11 Å². The molecule has 15 heavy (non-hydrogen) atoms. The molecule has 0 radical (unpaired) electrons. The normalized spacial score (nSPS) is 16.5. The summed E-state index contributed by atoms with van der Waals surface area (Å²) in [5, 5.41) is 9.29. The third-order valence-electron chi connectivity index (χ3n) is 2.84. The Morgan fingerprint density at radius 2 is 2.13 bits per heavy atom.